The first-order chi connectivity index (χ1) is 7.34. The minimum atomic E-state index is 0. The summed E-state index contributed by atoms with van der Waals surface area (Å²) in [5.74, 6) is 1.67. The van der Waals surface area contributed by atoms with Gasteiger partial charge in [0.2, 0.25) is 0 Å². The predicted octanol–water partition coefficient (Wildman–Crippen LogP) is 3.09. The van der Waals surface area contributed by atoms with E-state index in [1.807, 2.05) is 12.1 Å². The van der Waals surface area contributed by atoms with Crippen LogP contribution in [0, 0.1) is 9.49 Å². The highest BCUT2D eigenvalue weighted by Gasteiger charge is 2.13. The SMILES string of the molecule is Cl.Ic1cccc(OC[C@@H]2CCCNC2)c1. The molecule has 1 atom stereocenters. The van der Waals surface area contributed by atoms with Crippen molar-refractivity contribution >= 4 is 35.0 Å². The third kappa shape index (κ3) is 4.47. The molecule has 0 saturated carbocycles. The molecule has 1 saturated heterocycles. The van der Waals surface area contributed by atoms with Gasteiger partial charge in [-0.25, -0.2) is 0 Å². The first-order valence-corrected chi connectivity index (χ1v) is 6.51. The zero-order valence-corrected chi connectivity index (χ0v) is 12.1. The number of hydrogen-bond acceptors (Lipinski definition) is 2. The second kappa shape index (κ2) is 7.35. The number of ether oxygens (including phenoxy) is 1. The molecule has 1 heterocycles. The van der Waals surface area contributed by atoms with Gasteiger partial charge in [0, 0.05) is 16.0 Å². The summed E-state index contributed by atoms with van der Waals surface area (Å²) in [7, 11) is 0. The van der Waals surface area contributed by atoms with Gasteiger partial charge in [-0.2, -0.15) is 0 Å². The number of benzene rings is 1. The summed E-state index contributed by atoms with van der Waals surface area (Å²) < 4.78 is 7.01. The number of hydrogen-bond donors (Lipinski definition) is 1. The van der Waals surface area contributed by atoms with Gasteiger partial charge in [-0.15, -0.1) is 12.4 Å². The highest BCUT2D eigenvalue weighted by molar-refractivity contribution is 14.1. The first-order valence-electron chi connectivity index (χ1n) is 5.44. The maximum atomic E-state index is 5.78. The molecule has 0 aromatic heterocycles. The van der Waals surface area contributed by atoms with Crippen LogP contribution in [-0.4, -0.2) is 19.7 Å². The van der Waals surface area contributed by atoms with E-state index in [4.69, 9.17) is 4.74 Å². The molecule has 1 aromatic rings. The molecule has 90 valence electrons. The van der Waals surface area contributed by atoms with Crippen molar-refractivity contribution in [3.8, 4) is 5.75 Å². The molecule has 0 aliphatic carbocycles. The van der Waals surface area contributed by atoms with E-state index in [1.165, 1.54) is 23.0 Å². The molecule has 4 heteroatoms. The van der Waals surface area contributed by atoms with Crippen LogP contribution in [0.5, 0.6) is 5.75 Å². The summed E-state index contributed by atoms with van der Waals surface area (Å²) in [5, 5.41) is 3.40. The summed E-state index contributed by atoms with van der Waals surface area (Å²) >= 11 is 2.31. The average molecular weight is 354 g/mol. The van der Waals surface area contributed by atoms with Crippen molar-refractivity contribution in [3.05, 3.63) is 27.8 Å². The summed E-state index contributed by atoms with van der Waals surface area (Å²) in [6.45, 7) is 3.11. The highest BCUT2D eigenvalue weighted by atomic mass is 127. The lowest BCUT2D eigenvalue weighted by atomic mass is 10.0. The van der Waals surface area contributed by atoms with Crippen LogP contribution in [0.4, 0.5) is 0 Å². The Hall–Kier alpha value is -0.0000000000000000278. The fraction of sp³-hybridized carbons (Fsp3) is 0.500. The molecule has 0 spiro atoms. The zero-order chi connectivity index (χ0) is 10.5. The number of piperidine rings is 1. The Labute approximate surface area is 117 Å². The van der Waals surface area contributed by atoms with Crippen LogP contribution >= 0.6 is 35.0 Å². The van der Waals surface area contributed by atoms with E-state index in [-0.39, 0.29) is 12.4 Å². The van der Waals surface area contributed by atoms with Crippen molar-refractivity contribution in [3.63, 3.8) is 0 Å². The van der Waals surface area contributed by atoms with Gasteiger partial charge in [-0.05, 0) is 60.2 Å². The molecular formula is C12H17ClINO. The summed E-state index contributed by atoms with van der Waals surface area (Å²) in [6, 6.07) is 8.22. The van der Waals surface area contributed by atoms with Crippen molar-refractivity contribution in [1.82, 2.24) is 5.32 Å². The lowest BCUT2D eigenvalue weighted by Gasteiger charge is -2.22. The van der Waals surface area contributed by atoms with E-state index in [0.29, 0.717) is 5.92 Å². The Morgan fingerprint density at radius 3 is 3.00 bits per heavy atom. The van der Waals surface area contributed by atoms with Crippen molar-refractivity contribution in [2.24, 2.45) is 5.92 Å². The van der Waals surface area contributed by atoms with Gasteiger partial charge in [0.25, 0.3) is 0 Å². The molecule has 1 N–H and O–H groups in total. The minimum absolute atomic E-state index is 0. The minimum Gasteiger partial charge on any atom is -0.493 e. The molecule has 0 unspecified atom stereocenters. The van der Waals surface area contributed by atoms with Crippen molar-refractivity contribution in [2.75, 3.05) is 19.7 Å². The smallest absolute Gasteiger partial charge is 0.120 e. The number of nitrogens with one attached hydrogen (secondary N) is 1. The maximum Gasteiger partial charge on any atom is 0.120 e. The Morgan fingerprint density at radius 2 is 2.31 bits per heavy atom. The third-order valence-corrected chi connectivity index (χ3v) is 3.35. The van der Waals surface area contributed by atoms with Gasteiger partial charge >= 0.3 is 0 Å². The van der Waals surface area contributed by atoms with E-state index in [9.17, 15) is 0 Å². The molecule has 1 aromatic carbocycles. The van der Waals surface area contributed by atoms with Gasteiger partial charge in [-0.1, -0.05) is 6.07 Å². The average Bonchev–Trinajstić information content (AvgIpc) is 2.28. The molecule has 0 amide bonds. The maximum absolute atomic E-state index is 5.78. The van der Waals surface area contributed by atoms with Gasteiger partial charge in [-0.3, -0.25) is 0 Å². The van der Waals surface area contributed by atoms with Crippen LogP contribution in [0.3, 0.4) is 0 Å². The fourth-order valence-electron chi connectivity index (χ4n) is 1.84. The standard InChI is InChI=1S/C12H16INO.ClH/c13-11-4-1-5-12(7-11)15-9-10-3-2-6-14-8-10;/h1,4-5,7,10,14H,2-3,6,8-9H2;1H/t10-;/m1./s1. The van der Waals surface area contributed by atoms with Gasteiger partial charge in [0.15, 0.2) is 0 Å². The molecule has 1 aliphatic heterocycles. The fourth-order valence-corrected chi connectivity index (χ4v) is 2.35. The van der Waals surface area contributed by atoms with Crippen LogP contribution in [0.2, 0.25) is 0 Å². The second-order valence-electron chi connectivity index (χ2n) is 3.98. The van der Waals surface area contributed by atoms with Gasteiger partial charge < -0.3 is 10.1 Å². The Kier molecular flexibility index (Phi) is 6.46. The van der Waals surface area contributed by atoms with Crippen LogP contribution in [0.25, 0.3) is 0 Å². The topological polar surface area (TPSA) is 21.3 Å². The number of halogens is 2. The first kappa shape index (κ1) is 14.1. The van der Waals surface area contributed by atoms with E-state index in [0.717, 1.165) is 18.9 Å². The van der Waals surface area contributed by atoms with E-state index >= 15 is 0 Å². The molecule has 0 radical (unpaired) electrons. The quantitative estimate of drug-likeness (QED) is 0.843. The van der Waals surface area contributed by atoms with Gasteiger partial charge in [0.1, 0.15) is 5.75 Å². The molecule has 16 heavy (non-hydrogen) atoms. The zero-order valence-electron chi connectivity index (χ0n) is 9.12. The van der Waals surface area contributed by atoms with Crippen LogP contribution in [-0.2, 0) is 0 Å². The summed E-state index contributed by atoms with van der Waals surface area (Å²) in [4.78, 5) is 0. The largest absolute Gasteiger partial charge is 0.493 e. The summed E-state index contributed by atoms with van der Waals surface area (Å²) in [6.07, 6.45) is 2.57. The molecule has 1 fully saturated rings. The van der Waals surface area contributed by atoms with E-state index < -0.39 is 0 Å². The molecule has 1 aliphatic rings. The highest BCUT2D eigenvalue weighted by Crippen LogP contribution is 2.17. The van der Waals surface area contributed by atoms with Crippen molar-refractivity contribution in [1.29, 1.82) is 0 Å². The second-order valence-corrected chi connectivity index (χ2v) is 5.23. The van der Waals surface area contributed by atoms with E-state index in [1.54, 1.807) is 0 Å². The van der Waals surface area contributed by atoms with Gasteiger partial charge in [0.05, 0.1) is 6.61 Å². The Bertz CT molecular complexity index is 316. The Balaban J connectivity index is 0.00000128. The lowest BCUT2D eigenvalue weighted by molar-refractivity contribution is 0.218. The monoisotopic (exact) mass is 353 g/mol. The summed E-state index contributed by atoms with van der Waals surface area (Å²) in [5.41, 5.74) is 0. The van der Waals surface area contributed by atoms with E-state index in [2.05, 4.69) is 40.0 Å². The van der Waals surface area contributed by atoms with Crippen molar-refractivity contribution < 1.29 is 4.74 Å². The van der Waals surface area contributed by atoms with Crippen LogP contribution < -0.4 is 10.1 Å². The van der Waals surface area contributed by atoms with Crippen LogP contribution in [0.1, 0.15) is 12.8 Å². The molecular weight excluding hydrogens is 336 g/mol. The molecule has 0 bridgehead atoms. The molecule has 2 nitrogen and oxygen atoms in total. The predicted molar refractivity (Wildman–Crippen MR) is 77.5 cm³/mol. The van der Waals surface area contributed by atoms with Crippen molar-refractivity contribution in [2.45, 2.75) is 12.8 Å². The third-order valence-electron chi connectivity index (χ3n) is 2.68. The molecule has 2 rings (SSSR count). The normalized spacial score (nSPS) is 19.9. The Morgan fingerprint density at radius 1 is 1.44 bits per heavy atom. The number of rotatable bonds is 3. The van der Waals surface area contributed by atoms with Crippen LogP contribution in [0.15, 0.2) is 24.3 Å². The lowest BCUT2D eigenvalue weighted by Crippen LogP contribution is -2.33.